The van der Waals surface area contributed by atoms with Crippen LogP contribution in [0.25, 0.3) is 0 Å². The second-order valence-corrected chi connectivity index (χ2v) is 7.20. The highest BCUT2D eigenvalue weighted by Gasteiger charge is 2.28. The van der Waals surface area contributed by atoms with E-state index in [0.29, 0.717) is 19.3 Å². The van der Waals surface area contributed by atoms with Crippen molar-refractivity contribution in [2.24, 2.45) is 0 Å². The van der Waals surface area contributed by atoms with Gasteiger partial charge in [-0.2, -0.15) is 0 Å². The molecule has 0 aromatic rings. The summed E-state index contributed by atoms with van der Waals surface area (Å²) in [5.74, 6) is -1.09. The summed E-state index contributed by atoms with van der Waals surface area (Å²) in [5, 5.41) is 12.2. The van der Waals surface area contributed by atoms with E-state index in [0.717, 1.165) is 19.3 Å². The average molecular weight is 386 g/mol. The minimum Gasteiger partial charge on any atom is -0.463 e. The minimum atomic E-state index is -1.06. The normalized spacial score (nSPS) is 17.4. The molecule has 27 heavy (non-hydrogen) atoms. The number of unbranched alkanes of at least 4 members (excludes halogenated alkanes) is 8. The first-order chi connectivity index (χ1) is 13.0. The summed E-state index contributed by atoms with van der Waals surface area (Å²) in [4.78, 5) is 34.4. The van der Waals surface area contributed by atoms with E-state index in [9.17, 15) is 19.5 Å². The van der Waals surface area contributed by atoms with Crippen molar-refractivity contribution < 1.29 is 29.0 Å². The van der Waals surface area contributed by atoms with Crippen molar-refractivity contribution in [3.05, 3.63) is 0 Å². The molecule has 7 nitrogen and oxygen atoms in total. The lowest BCUT2D eigenvalue weighted by atomic mass is 10.1. The molecular formula is C20H35NO6. The number of carbonyl (C=O) groups excluding carboxylic acids is 3. The summed E-state index contributed by atoms with van der Waals surface area (Å²) in [6.07, 6.45) is 10.6. The highest BCUT2D eigenvalue weighted by molar-refractivity contribution is 5.88. The molecule has 1 saturated heterocycles. The summed E-state index contributed by atoms with van der Waals surface area (Å²) < 4.78 is 9.93. The molecule has 1 fully saturated rings. The Morgan fingerprint density at radius 3 is 2.22 bits per heavy atom. The molecule has 0 saturated carbocycles. The van der Waals surface area contributed by atoms with Gasteiger partial charge in [-0.1, -0.05) is 58.3 Å². The van der Waals surface area contributed by atoms with Gasteiger partial charge in [-0.05, 0) is 12.8 Å². The maximum absolute atomic E-state index is 11.7. The van der Waals surface area contributed by atoms with Crippen molar-refractivity contribution in [1.82, 2.24) is 5.32 Å². The Bertz CT molecular complexity index is 454. The van der Waals surface area contributed by atoms with E-state index in [1.54, 1.807) is 0 Å². The number of carbonyl (C=O) groups is 3. The molecule has 1 heterocycles. The molecule has 156 valence electrons. The van der Waals surface area contributed by atoms with Crippen molar-refractivity contribution in [1.29, 1.82) is 0 Å². The van der Waals surface area contributed by atoms with Gasteiger partial charge in [0.2, 0.25) is 5.91 Å². The first-order valence-corrected chi connectivity index (χ1v) is 10.3. The monoisotopic (exact) mass is 385 g/mol. The van der Waals surface area contributed by atoms with Gasteiger partial charge in [-0.3, -0.25) is 9.59 Å². The second-order valence-electron chi connectivity index (χ2n) is 7.20. The standard InChI is InChI=1S/C20H35NO6/c1-2-3-4-5-6-7-8-9-10-11-19(24)26-14-16(22)15-27-20(25)17-12-13-18(23)21-17/h16-17,22H,2-15H2,1H3,(H,21,23). The lowest BCUT2D eigenvalue weighted by Gasteiger charge is -2.14. The molecule has 0 aromatic carbocycles. The van der Waals surface area contributed by atoms with Crippen LogP contribution in [0.5, 0.6) is 0 Å². The Hall–Kier alpha value is -1.63. The topological polar surface area (TPSA) is 102 Å². The van der Waals surface area contributed by atoms with Gasteiger partial charge in [0, 0.05) is 12.8 Å². The van der Waals surface area contributed by atoms with Crippen LogP contribution in [-0.2, 0) is 23.9 Å². The second kappa shape index (κ2) is 14.4. The fourth-order valence-electron chi connectivity index (χ4n) is 2.96. The molecule has 0 radical (unpaired) electrons. The van der Waals surface area contributed by atoms with Gasteiger partial charge in [0.25, 0.3) is 0 Å². The van der Waals surface area contributed by atoms with Crippen LogP contribution in [0.3, 0.4) is 0 Å². The van der Waals surface area contributed by atoms with Crippen LogP contribution in [0.15, 0.2) is 0 Å². The Kier molecular flexibility index (Phi) is 12.5. The SMILES string of the molecule is CCCCCCCCCCCC(=O)OCC(O)COC(=O)C1CCC(=O)N1. The molecule has 2 unspecified atom stereocenters. The number of amides is 1. The predicted molar refractivity (Wildman–Crippen MR) is 101 cm³/mol. The van der Waals surface area contributed by atoms with Crippen molar-refractivity contribution in [3.63, 3.8) is 0 Å². The van der Waals surface area contributed by atoms with Crippen molar-refractivity contribution >= 4 is 17.8 Å². The molecule has 0 aliphatic carbocycles. The van der Waals surface area contributed by atoms with Gasteiger partial charge in [0.05, 0.1) is 0 Å². The summed E-state index contributed by atoms with van der Waals surface area (Å²) in [7, 11) is 0. The zero-order chi connectivity index (χ0) is 19.9. The fraction of sp³-hybridized carbons (Fsp3) is 0.850. The Morgan fingerprint density at radius 2 is 1.63 bits per heavy atom. The number of aliphatic hydroxyl groups excluding tert-OH is 1. The summed E-state index contributed by atoms with van der Waals surface area (Å²) in [6.45, 7) is 1.76. The van der Waals surface area contributed by atoms with E-state index in [4.69, 9.17) is 9.47 Å². The number of nitrogens with one attached hydrogen (secondary N) is 1. The highest BCUT2D eigenvalue weighted by atomic mass is 16.6. The zero-order valence-corrected chi connectivity index (χ0v) is 16.5. The third kappa shape index (κ3) is 11.6. The molecule has 2 atom stereocenters. The molecule has 1 amide bonds. The van der Waals surface area contributed by atoms with E-state index < -0.39 is 18.1 Å². The maximum atomic E-state index is 11.7. The molecule has 1 rings (SSSR count). The van der Waals surface area contributed by atoms with Gasteiger partial charge in [-0.15, -0.1) is 0 Å². The number of aliphatic hydroxyl groups is 1. The van der Waals surface area contributed by atoms with Crippen molar-refractivity contribution in [3.8, 4) is 0 Å². The Labute approximate surface area is 162 Å². The van der Waals surface area contributed by atoms with E-state index in [-0.39, 0.29) is 25.1 Å². The molecule has 1 aliphatic rings. The van der Waals surface area contributed by atoms with E-state index in [2.05, 4.69) is 12.2 Å². The van der Waals surface area contributed by atoms with Gasteiger partial charge >= 0.3 is 11.9 Å². The molecule has 2 N–H and O–H groups in total. The summed E-state index contributed by atoms with van der Waals surface area (Å²) >= 11 is 0. The molecule has 0 bridgehead atoms. The molecule has 1 aliphatic heterocycles. The number of rotatable bonds is 15. The summed E-state index contributed by atoms with van der Waals surface area (Å²) in [6, 6.07) is -0.640. The third-order valence-corrected chi connectivity index (χ3v) is 4.62. The van der Waals surface area contributed by atoms with Gasteiger partial charge in [0.1, 0.15) is 25.4 Å². The summed E-state index contributed by atoms with van der Waals surface area (Å²) in [5.41, 5.74) is 0. The lowest BCUT2D eigenvalue weighted by molar-refractivity contribution is -0.154. The van der Waals surface area contributed by atoms with E-state index in [1.807, 2.05) is 0 Å². The number of hydrogen-bond acceptors (Lipinski definition) is 6. The number of esters is 2. The smallest absolute Gasteiger partial charge is 0.328 e. The number of ether oxygens (including phenoxy) is 2. The average Bonchev–Trinajstić information content (AvgIpc) is 3.09. The molecule has 0 aromatic heterocycles. The number of hydrogen-bond donors (Lipinski definition) is 2. The Balaban J connectivity index is 1.94. The minimum absolute atomic E-state index is 0.178. The van der Waals surface area contributed by atoms with Crippen LogP contribution in [0, 0.1) is 0 Å². The van der Waals surface area contributed by atoms with Crippen molar-refractivity contribution in [2.75, 3.05) is 13.2 Å². The van der Waals surface area contributed by atoms with Gasteiger partial charge in [0.15, 0.2) is 0 Å². The fourth-order valence-corrected chi connectivity index (χ4v) is 2.96. The van der Waals surface area contributed by atoms with Gasteiger partial charge in [-0.25, -0.2) is 4.79 Å². The zero-order valence-electron chi connectivity index (χ0n) is 16.5. The van der Waals surface area contributed by atoms with Crippen LogP contribution >= 0.6 is 0 Å². The van der Waals surface area contributed by atoms with Crippen LogP contribution in [0.2, 0.25) is 0 Å². The Morgan fingerprint density at radius 1 is 1.04 bits per heavy atom. The van der Waals surface area contributed by atoms with E-state index >= 15 is 0 Å². The first kappa shape index (κ1) is 23.4. The molecule has 0 spiro atoms. The van der Waals surface area contributed by atoms with Crippen LogP contribution in [-0.4, -0.2) is 48.3 Å². The van der Waals surface area contributed by atoms with Crippen LogP contribution in [0.4, 0.5) is 0 Å². The lowest BCUT2D eigenvalue weighted by Crippen LogP contribution is -2.36. The predicted octanol–water partition coefficient (Wildman–Crippen LogP) is 2.63. The quantitative estimate of drug-likeness (QED) is 0.332. The highest BCUT2D eigenvalue weighted by Crippen LogP contribution is 2.11. The maximum Gasteiger partial charge on any atom is 0.328 e. The molecular weight excluding hydrogens is 350 g/mol. The van der Waals surface area contributed by atoms with E-state index in [1.165, 1.54) is 38.5 Å². The van der Waals surface area contributed by atoms with Crippen molar-refractivity contribution in [2.45, 2.75) is 96.1 Å². The molecule has 7 heteroatoms. The largest absolute Gasteiger partial charge is 0.463 e. The first-order valence-electron chi connectivity index (χ1n) is 10.3. The third-order valence-electron chi connectivity index (χ3n) is 4.62. The van der Waals surface area contributed by atoms with Crippen LogP contribution < -0.4 is 5.32 Å². The van der Waals surface area contributed by atoms with Crippen LogP contribution in [0.1, 0.15) is 84.0 Å². The van der Waals surface area contributed by atoms with Gasteiger partial charge < -0.3 is 19.9 Å².